The third-order valence-electron chi connectivity index (χ3n) is 3.53. The smallest absolute Gasteiger partial charge is 0.338 e. The van der Waals surface area contributed by atoms with Crippen molar-refractivity contribution < 1.29 is 19.1 Å². The fraction of sp³-hybridized carbons (Fsp3) is 0.300. The molecule has 2 rings (SSSR count). The van der Waals surface area contributed by atoms with E-state index in [0.29, 0.717) is 23.7 Å². The zero-order chi connectivity index (χ0) is 18.9. The number of anilines is 1. The van der Waals surface area contributed by atoms with Crippen LogP contribution in [0.25, 0.3) is 0 Å². The Kier molecular flexibility index (Phi) is 7.02. The highest BCUT2D eigenvalue weighted by molar-refractivity contribution is 5.90. The largest absolute Gasteiger partial charge is 0.482 e. The number of carbonyl (C=O) groups excluding carboxylic acids is 2. The molecule has 6 heteroatoms. The summed E-state index contributed by atoms with van der Waals surface area (Å²) in [6.45, 7) is 4.59. The molecule has 0 aliphatic heterocycles. The molecule has 0 aliphatic carbocycles. The summed E-state index contributed by atoms with van der Waals surface area (Å²) in [7, 11) is 0. The third-order valence-corrected chi connectivity index (χ3v) is 3.53. The van der Waals surface area contributed by atoms with Gasteiger partial charge in [0.1, 0.15) is 12.4 Å². The second kappa shape index (κ2) is 9.46. The number of ether oxygens (including phenoxy) is 2. The summed E-state index contributed by atoms with van der Waals surface area (Å²) in [4.78, 5) is 23.9. The van der Waals surface area contributed by atoms with Gasteiger partial charge >= 0.3 is 5.97 Å². The molecule has 0 spiro atoms. The van der Waals surface area contributed by atoms with Crippen LogP contribution in [-0.4, -0.2) is 25.0 Å². The Morgan fingerprint density at radius 1 is 1.12 bits per heavy atom. The number of nitrogens with two attached hydrogens (primary N) is 1. The van der Waals surface area contributed by atoms with Gasteiger partial charge in [0, 0.05) is 6.54 Å². The molecule has 0 saturated heterocycles. The maximum Gasteiger partial charge on any atom is 0.338 e. The molecule has 26 heavy (non-hydrogen) atoms. The standard InChI is InChI=1S/C20H24N2O4/c1-14(2)11-22-19(23)13-25-18-10-16(8-9-17(18)21)20(24)26-12-15-6-4-3-5-7-15/h3-10,14H,11-13,21H2,1-2H3,(H,22,23). The molecule has 0 fully saturated rings. The number of benzene rings is 2. The molecule has 1 amide bonds. The topological polar surface area (TPSA) is 90.6 Å². The molecule has 3 N–H and O–H groups in total. The summed E-state index contributed by atoms with van der Waals surface area (Å²) in [5.41, 5.74) is 7.41. The maximum absolute atomic E-state index is 12.2. The Bertz CT molecular complexity index is 745. The molecule has 0 heterocycles. The highest BCUT2D eigenvalue weighted by Crippen LogP contribution is 2.23. The second-order valence-electron chi connectivity index (χ2n) is 6.30. The van der Waals surface area contributed by atoms with Crippen LogP contribution in [0.3, 0.4) is 0 Å². The Morgan fingerprint density at radius 3 is 2.54 bits per heavy atom. The molecule has 2 aromatic carbocycles. The molecule has 6 nitrogen and oxygen atoms in total. The van der Waals surface area contributed by atoms with Gasteiger partial charge in [-0.1, -0.05) is 44.2 Å². The van der Waals surface area contributed by atoms with Gasteiger partial charge in [-0.3, -0.25) is 4.79 Å². The van der Waals surface area contributed by atoms with Crippen molar-refractivity contribution in [2.45, 2.75) is 20.5 Å². The summed E-state index contributed by atoms with van der Waals surface area (Å²) >= 11 is 0. The third kappa shape index (κ3) is 6.12. The fourth-order valence-electron chi connectivity index (χ4n) is 2.11. The van der Waals surface area contributed by atoms with Crippen LogP contribution >= 0.6 is 0 Å². The van der Waals surface area contributed by atoms with Crippen LogP contribution in [0.2, 0.25) is 0 Å². The van der Waals surface area contributed by atoms with Gasteiger partial charge in [0.15, 0.2) is 6.61 Å². The lowest BCUT2D eigenvalue weighted by Crippen LogP contribution is -2.31. The van der Waals surface area contributed by atoms with Crippen LogP contribution in [0.1, 0.15) is 29.8 Å². The van der Waals surface area contributed by atoms with E-state index in [1.54, 1.807) is 12.1 Å². The number of amides is 1. The van der Waals surface area contributed by atoms with E-state index in [0.717, 1.165) is 5.56 Å². The Hall–Kier alpha value is -3.02. The molecule has 0 radical (unpaired) electrons. The van der Waals surface area contributed by atoms with Crippen molar-refractivity contribution in [1.82, 2.24) is 5.32 Å². The zero-order valence-corrected chi connectivity index (χ0v) is 15.0. The molecule has 138 valence electrons. The number of esters is 1. The van der Waals surface area contributed by atoms with Gasteiger partial charge < -0.3 is 20.5 Å². The predicted octanol–water partition coefficient (Wildman–Crippen LogP) is 2.78. The van der Waals surface area contributed by atoms with E-state index in [9.17, 15) is 9.59 Å². The van der Waals surface area contributed by atoms with E-state index in [4.69, 9.17) is 15.2 Å². The number of hydrogen-bond donors (Lipinski definition) is 2. The molecule has 0 saturated carbocycles. The molecule has 0 bridgehead atoms. The van der Waals surface area contributed by atoms with Crippen LogP contribution in [-0.2, 0) is 16.1 Å². The Morgan fingerprint density at radius 2 is 1.85 bits per heavy atom. The second-order valence-corrected chi connectivity index (χ2v) is 6.30. The fourth-order valence-corrected chi connectivity index (χ4v) is 2.11. The van der Waals surface area contributed by atoms with Gasteiger partial charge in [-0.05, 0) is 29.7 Å². The van der Waals surface area contributed by atoms with Crippen molar-refractivity contribution in [2.24, 2.45) is 5.92 Å². The van der Waals surface area contributed by atoms with E-state index in [1.807, 2.05) is 44.2 Å². The molecule has 0 unspecified atom stereocenters. The van der Waals surface area contributed by atoms with Gasteiger partial charge in [0.05, 0.1) is 11.3 Å². The summed E-state index contributed by atoms with van der Waals surface area (Å²) in [6.07, 6.45) is 0. The first kappa shape index (κ1) is 19.3. The Labute approximate surface area is 153 Å². The van der Waals surface area contributed by atoms with Gasteiger partial charge in [0.25, 0.3) is 5.91 Å². The van der Waals surface area contributed by atoms with Gasteiger partial charge in [-0.15, -0.1) is 0 Å². The molecular formula is C20H24N2O4. The average Bonchev–Trinajstić information content (AvgIpc) is 2.64. The van der Waals surface area contributed by atoms with Crippen LogP contribution in [0.15, 0.2) is 48.5 Å². The van der Waals surface area contributed by atoms with Gasteiger partial charge in [-0.2, -0.15) is 0 Å². The normalized spacial score (nSPS) is 10.4. The zero-order valence-electron chi connectivity index (χ0n) is 15.0. The van der Waals surface area contributed by atoms with Gasteiger partial charge in [0.2, 0.25) is 0 Å². The summed E-state index contributed by atoms with van der Waals surface area (Å²) in [5.74, 6) is -0.0938. The lowest BCUT2D eigenvalue weighted by atomic mass is 10.2. The first-order valence-corrected chi connectivity index (χ1v) is 8.45. The van der Waals surface area contributed by atoms with E-state index in [2.05, 4.69) is 5.32 Å². The average molecular weight is 356 g/mol. The van der Waals surface area contributed by atoms with Crippen LogP contribution < -0.4 is 15.8 Å². The van der Waals surface area contributed by atoms with Crippen LogP contribution in [0.4, 0.5) is 5.69 Å². The first-order valence-electron chi connectivity index (χ1n) is 8.45. The number of nitrogens with one attached hydrogen (secondary N) is 1. The Balaban J connectivity index is 1.93. The predicted molar refractivity (Wildman–Crippen MR) is 99.8 cm³/mol. The summed E-state index contributed by atoms with van der Waals surface area (Å²) in [6, 6.07) is 14.0. The molecule has 0 aromatic heterocycles. The summed E-state index contributed by atoms with van der Waals surface area (Å²) in [5, 5.41) is 2.75. The van der Waals surface area contributed by atoms with Crippen molar-refractivity contribution in [2.75, 3.05) is 18.9 Å². The number of hydrogen-bond acceptors (Lipinski definition) is 5. The molecule has 0 atom stereocenters. The van der Waals surface area contributed by atoms with Crippen molar-refractivity contribution >= 4 is 17.6 Å². The number of rotatable bonds is 8. The quantitative estimate of drug-likeness (QED) is 0.561. The van der Waals surface area contributed by atoms with Gasteiger partial charge in [-0.25, -0.2) is 4.79 Å². The lowest BCUT2D eigenvalue weighted by Gasteiger charge is -2.12. The van der Waals surface area contributed by atoms with E-state index in [1.165, 1.54) is 6.07 Å². The first-order chi connectivity index (χ1) is 12.5. The van der Waals surface area contributed by atoms with Crippen molar-refractivity contribution in [3.05, 3.63) is 59.7 Å². The summed E-state index contributed by atoms with van der Waals surface area (Å²) < 4.78 is 10.7. The number of nitrogen functional groups attached to an aromatic ring is 1. The van der Waals surface area contributed by atoms with Crippen molar-refractivity contribution in [3.8, 4) is 5.75 Å². The highest BCUT2D eigenvalue weighted by atomic mass is 16.5. The SMILES string of the molecule is CC(C)CNC(=O)COc1cc(C(=O)OCc2ccccc2)ccc1N. The van der Waals surface area contributed by atoms with E-state index in [-0.39, 0.29) is 24.9 Å². The van der Waals surface area contributed by atoms with E-state index >= 15 is 0 Å². The minimum Gasteiger partial charge on any atom is -0.482 e. The minimum atomic E-state index is -0.483. The van der Waals surface area contributed by atoms with Crippen LogP contribution in [0.5, 0.6) is 5.75 Å². The minimum absolute atomic E-state index is 0.167. The maximum atomic E-state index is 12.2. The number of carbonyl (C=O) groups is 2. The van der Waals surface area contributed by atoms with Crippen LogP contribution in [0, 0.1) is 5.92 Å². The van der Waals surface area contributed by atoms with Crippen molar-refractivity contribution in [1.29, 1.82) is 0 Å². The van der Waals surface area contributed by atoms with E-state index < -0.39 is 5.97 Å². The molecule has 0 aliphatic rings. The lowest BCUT2D eigenvalue weighted by molar-refractivity contribution is -0.123. The monoisotopic (exact) mass is 356 g/mol. The molecule has 2 aromatic rings. The van der Waals surface area contributed by atoms with Crippen molar-refractivity contribution in [3.63, 3.8) is 0 Å². The highest BCUT2D eigenvalue weighted by Gasteiger charge is 2.12. The molecular weight excluding hydrogens is 332 g/mol.